The molecule has 0 fully saturated rings. The number of aromatic hydroxyl groups is 1. The van der Waals surface area contributed by atoms with Gasteiger partial charge in [0.05, 0.1) is 0 Å². The normalized spacial score (nSPS) is 11.0. The third kappa shape index (κ3) is 7.24. The lowest BCUT2D eigenvalue weighted by atomic mass is 9.73. The van der Waals surface area contributed by atoms with Crippen molar-refractivity contribution in [2.24, 2.45) is 0 Å². The van der Waals surface area contributed by atoms with Crippen LogP contribution in [0.25, 0.3) is 100 Å². The van der Waals surface area contributed by atoms with Gasteiger partial charge in [-0.2, -0.15) is 0 Å². The highest BCUT2D eigenvalue weighted by Crippen LogP contribution is 2.57. The minimum Gasteiger partial charge on any atom is -0.508 e. The molecule has 61 heavy (non-hydrogen) atoms. The summed E-state index contributed by atoms with van der Waals surface area (Å²) >= 11 is 0. The van der Waals surface area contributed by atoms with Crippen LogP contribution in [-0.2, 0) is 0 Å². The summed E-state index contributed by atoms with van der Waals surface area (Å²) in [6.07, 6.45) is 0. The van der Waals surface area contributed by atoms with Gasteiger partial charge < -0.3 is 5.11 Å². The molecule has 0 saturated carbocycles. The molecule has 0 bridgehead atoms. The molecule has 10 rings (SSSR count). The van der Waals surface area contributed by atoms with Crippen molar-refractivity contribution in [3.05, 3.63) is 249 Å². The minimum absolute atomic E-state index is 0.229. The summed E-state index contributed by atoms with van der Waals surface area (Å²) in [5.74, 6) is 0.229. The van der Waals surface area contributed by atoms with Crippen LogP contribution in [0, 0.1) is 0 Å². The standard InChI is InChI=1S/C60H42O/c61-51-38-36-49(37-39-51)59-56(46-30-16-5-17-31-46)55(45-28-14-4-15-29-45)57(47-32-18-6-19-33-47)60(58(59)48-34-20-7-21-35-48)50-40-52(42-22-8-1-9-23-42)54(44-26-12-3-13-27-44)53(41-50)43-24-10-2-11-25-43/h1-41,61H. The molecule has 0 atom stereocenters. The first-order valence-corrected chi connectivity index (χ1v) is 20.8. The van der Waals surface area contributed by atoms with Crippen LogP contribution >= 0.6 is 0 Å². The highest BCUT2D eigenvalue weighted by atomic mass is 16.3. The van der Waals surface area contributed by atoms with E-state index in [2.05, 4.69) is 237 Å². The first-order chi connectivity index (χ1) is 30.2. The molecule has 0 saturated heterocycles. The van der Waals surface area contributed by atoms with Gasteiger partial charge in [-0.05, 0) is 124 Å². The van der Waals surface area contributed by atoms with Crippen LogP contribution in [-0.4, -0.2) is 5.11 Å². The monoisotopic (exact) mass is 778 g/mol. The van der Waals surface area contributed by atoms with Crippen LogP contribution < -0.4 is 0 Å². The van der Waals surface area contributed by atoms with Gasteiger partial charge in [-0.3, -0.25) is 0 Å². The van der Waals surface area contributed by atoms with Gasteiger partial charge in [-0.1, -0.05) is 224 Å². The maximum atomic E-state index is 10.7. The summed E-state index contributed by atoms with van der Waals surface area (Å²) in [6, 6.07) is 88.4. The third-order valence-corrected chi connectivity index (χ3v) is 11.6. The summed E-state index contributed by atoms with van der Waals surface area (Å²) in [7, 11) is 0. The van der Waals surface area contributed by atoms with Crippen molar-refractivity contribution in [2.45, 2.75) is 0 Å². The van der Waals surface area contributed by atoms with Gasteiger partial charge in [0.25, 0.3) is 0 Å². The lowest BCUT2D eigenvalue weighted by Crippen LogP contribution is -2.03. The Kier molecular flexibility index (Phi) is 10.2. The number of hydrogen-bond acceptors (Lipinski definition) is 1. The molecular formula is C60H42O. The molecule has 0 heterocycles. The molecule has 0 amide bonds. The number of phenols is 1. The Labute approximate surface area is 358 Å². The van der Waals surface area contributed by atoms with E-state index in [1.54, 1.807) is 0 Å². The van der Waals surface area contributed by atoms with Gasteiger partial charge in [0.2, 0.25) is 0 Å². The Balaban J connectivity index is 1.49. The van der Waals surface area contributed by atoms with Crippen LogP contribution in [0.2, 0.25) is 0 Å². The van der Waals surface area contributed by atoms with E-state index in [-0.39, 0.29) is 5.75 Å². The zero-order chi connectivity index (χ0) is 41.0. The Morgan fingerprint density at radius 2 is 0.393 bits per heavy atom. The largest absolute Gasteiger partial charge is 0.508 e. The summed E-state index contributed by atoms with van der Waals surface area (Å²) < 4.78 is 0. The van der Waals surface area contributed by atoms with Crippen molar-refractivity contribution in [3.63, 3.8) is 0 Å². The average molecular weight is 779 g/mol. The van der Waals surface area contributed by atoms with Crippen LogP contribution in [0.15, 0.2) is 249 Å². The van der Waals surface area contributed by atoms with E-state index in [9.17, 15) is 5.11 Å². The summed E-state index contributed by atoms with van der Waals surface area (Å²) in [6.45, 7) is 0. The van der Waals surface area contributed by atoms with Gasteiger partial charge in [0, 0.05) is 0 Å². The fraction of sp³-hybridized carbons (Fsp3) is 0. The second-order valence-corrected chi connectivity index (χ2v) is 15.3. The van der Waals surface area contributed by atoms with E-state index in [0.717, 1.165) is 94.6 Å². The molecule has 0 aliphatic heterocycles. The fourth-order valence-electron chi connectivity index (χ4n) is 8.92. The molecule has 1 N–H and O–H groups in total. The first-order valence-electron chi connectivity index (χ1n) is 20.8. The van der Waals surface area contributed by atoms with Gasteiger partial charge in [0.1, 0.15) is 5.75 Å². The Bertz CT molecular complexity index is 2990. The first kappa shape index (κ1) is 37.3. The molecule has 0 unspecified atom stereocenters. The second kappa shape index (κ2) is 16.7. The maximum Gasteiger partial charge on any atom is 0.115 e. The van der Waals surface area contributed by atoms with Crippen LogP contribution in [0.5, 0.6) is 5.75 Å². The lowest BCUT2D eigenvalue weighted by Gasteiger charge is -2.29. The molecule has 10 aromatic carbocycles. The summed E-state index contributed by atoms with van der Waals surface area (Å²) in [5, 5.41) is 10.7. The van der Waals surface area contributed by atoms with Crippen LogP contribution in [0.1, 0.15) is 0 Å². The number of rotatable bonds is 9. The third-order valence-electron chi connectivity index (χ3n) is 11.6. The quantitative estimate of drug-likeness (QED) is 0.155. The van der Waals surface area contributed by atoms with Gasteiger partial charge in [-0.25, -0.2) is 0 Å². The van der Waals surface area contributed by atoms with E-state index in [1.807, 2.05) is 12.1 Å². The molecule has 0 aromatic heterocycles. The van der Waals surface area contributed by atoms with E-state index < -0.39 is 0 Å². The SMILES string of the molecule is Oc1ccc(-c2c(-c3ccccc3)c(-c3ccccc3)c(-c3ccccc3)c(-c3cc(-c4ccccc4)c(-c4ccccc4)c(-c4ccccc4)c3)c2-c2ccccc2)cc1. The van der Waals surface area contributed by atoms with E-state index in [4.69, 9.17) is 0 Å². The number of benzene rings is 10. The Morgan fingerprint density at radius 3 is 0.672 bits per heavy atom. The van der Waals surface area contributed by atoms with Crippen molar-refractivity contribution in [2.75, 3.05) is 0 Å². The van der Waals surface area contributed by atoms with Gasteiger partial charge >= 0.3 is 0 Å². The Hall–Kier alpha value is -8.00. The highest BCUT2D eigenvalue weighted by Gasteiger charge is 2.30. The predicted octanol–water partition coefficient (Wildman–Crippen LogP) is 16.4. The smallest absolute Gasteiger partial charge is 0.115 e. The van der Waals surface area contributed by atoms with Gasteiger partial charge in [-0.15, -0.1) is 0 Å². The number of phenolic OH excluding ortho intramolecular Hbond substituents is 1. The molecule has 0 radical (unpaired) electrons. The van der Waals surface area contributed by atoms with Crippen LogP contribution in [0.4, 0.5) is 0 Å². The van der Waals surface area contributed by atoms with E-state index >= 15 is 0 Å². The predicted molar refractivity (Wildman–Crippen MR) is 257 cm³/mol. The van der Waals surface area contributed by atoms with E-state index in [1.165, 1.54) is 5.56 Å². The van der Waals surface area contributed by atoms with E-state index in [0.29, 0.717) is 0 Å². The zero-order valence-corrected chi connectivity index (χ0v) is 33.6. The molecule has 10 aromatic rings. The topological polar surface area (TPSA) is 20.2 Å². The zero-order valence-electron chi connectivity index (χ0n) is 33.6. The van der Waals surface area contributed by atoms with Crippen LogP contribution in [0.3, 0.4) is 0 Å². The summed E-state index contributed by atoms with van der Waals surface area (Å²) in [5.41, 5.74) is 20.3. The summed E-state index contributed by atoms with van der Waals surface area (Å²) in [4.78, 5) is 0. The Morgan fingerprint density at radius 1 is 0.180 bits per heavy atom. The fourth-order valence-corrected chi connectivity index (χ4v) is 8.92. The molecule has 0 spiro atoms. The average Bonchev–Trinajstić information content (AvgIpc) is 3.35. The highest BCUT2D eigenvalue weighted by molar-refractivity contribution is 6.16. The number of hydrogen-bond donors (Lipinski definition) is 1. The van der Waals surface area contributed by atoms with Gasteiger partial charge in [0.15, 0.2) is 0 Å². The lowest BCUT2D eigenvalue weighted by molar-refractivity contribution is 0.475. The molecule has 288 valence electrons. The van der Waals surface area contributed by atoms with Crippen molar-refractivity contribution < 1.29 is 5.11 Å². The molecule has 0 aliphatic rings. The molecular weight excluding hydrogens is 737 g/mol. The maximum absolute atomic E-state index is 10.7. The molecule has 1 nitrogen and oxygen atoms in total. The van der Waals surface area contributed by atoms with Crippen molar-refractivity contribution in [3.8, 4) is 106 Å². The van der Waals surface area contributed by atoms with Crippen molar-refractivity contribution in [1.29, 1.82) is 0 Å². The molecule has 0 aliphatic carbocycles. The minimum atomic E-state index is 0.229. The second-order valence-electron chi connectivity index (χ2n) is 15.3. The van der Waals surface area contributed by atoms with Crippen molar-refractivity contribution >= 4 is 0 Å². The van der Waals surface area contributed by atoms with Crippen molar-refractivity contribution in [1.82, 2.24) is 0 Å². The molecule has 1 heteroatoms.